The molecule has 31 heavy (non-hydrogen) atoms. The van der Waals surface area contributed by atoms with Crippen LogP contribution < -0.4 is 32.3 Å². The van der Waals surface area contributed by atoms with Crippen LogP contribution in [0.5, 0.6) is 11.5 Å². The summed E-state index contributed by atoms with van der Waals surface area (Å²) in [6.07, 6.45) is 1.43. The number of hydrogen-bond donors (Lipinski definition) is 0. The van der Waals surface area contributed by atoms with Crippen molar-refractivity contribution in [3.05, 3.63) is 51.5 Å². The van der Waals surface area contributed by atoms with Crippen molar-refractivity contribution in [3.8, 4) is 11.5 Å². The summed E-state index contributed by atoms with van der Waals surface area (Å²) in [5.41, 5.74) is 2.37. The molecule has 2 aromatic rings. The van der Waals surface area contributed by atoms with E-state index >= 15 is 0 Å². The van der Waals surface area contributed by atoms with Gasteiger partial charge in [-0.15, -0.1) is 0 Å². The highest BCUT2D eigenvalue weighted by atomic mass is 127. The Morgan fingerprint density at radius 2 is 1.77 bits per heavy atom. The Labute approximate surface area is 203 Å². The number of nitrogens with zero attached hydrogens (tertiary/aromatic N) is 2. The Morgan fingerprint density at radius 1 is 1.13 bits per heavy atom. The molecule has 0 amide bonds. The number of methoxy groups -OCH3 is 2. The summed E-state index contributed by atoms with van der Waals surface area (Å²) in [7, 11) is -0.873. The molecule has 0 radical (unpaired) electrons. The van der Waals surface area contributed by atoms with Crippen molar-refractivity contribution in [1.82, 2.24) is 7.42 Å². The van der Waals surface area contributed by atoms with E-state index in [2.05, 4.69) is 20.8 Å². The van der Waals surface area contributed by atoms with Crippen LogP contribution in [0.3, 0.4) is 0 Å². The number of rotatable bonds is 8. The molecule has 2 aromatic carbocycles. The van der Waals surface area contributed by atoms with Crippen LogP contribution in [0.15, 0.2) is 33.6 Å². The predicted octanol–water partition coefficient (Wildman–Crippen LogP) is 0.384. The third-order valence-electron chi connectivity index (χ3n) is 5.10. The van der Waals surface area contributed by atoms with Gasteiger partial charge in [-0.25, -0.2) is 17.2 Å². The van der Waals surface area contributed by atoms with Crippen molar-refractivity contribution >= 4 is 26.0 Å². The minimum atomic E-state index is -4.09. The summed E-state index contributed by atoms with van der Waals surface area (Å²) in [5, 5.41) is 0. The fourth-order valence-electron chi connectivity index (χ4n) is 3.55. The summed E-state index contributed by atoms with van der Waals surface area (Å²) < 4.78 is 64.7. The lowest BCUT2D eigenvalue weighted by Crippen LogP contribution is -3.41. The maximum atomic E-state index is 14.1. The first-order valence-corrected chi connectivity index (χ1v) is 12.8. The molecule has 6 nitrogen and oxygen atoms in total. The average molecular weight is 632 g/mol. The van der Waals surface area contributed by atoms with E-state index in [1.807, 2.05) is 12.1 Å². The van der Waals surface area contributed by atoms with Gasteiger partial charge in [0.25, 0.3) is 10.0 Å². The van der Waals surface area contributed by atoms with Gasteiger partial charge in [-0.05, 0) is 64.6 Å². The van der Waals surface area contributed by atoms with Crippen molar-refractivity contribution in [2.24, 2.45) is 0 Å². The lowest BCUT2D eigenvalue weighted by molar-refractivity contribution is -0.532. The highest BCUT2D eigenvalue weighted by Gasteiger charge is 2.34. The van der Waals surface area contributed by atoms with E-state index in [9.17, 15) is 17.2 Å². The smallest absolute Gasteiger partial charge is 0.387 e. The molecule has 0 unspecified atom stereocenters. The van der Waals surface area contributed by atoms with E-state index < -0.39 is 26.6 Å². The summed E-state index contributed by atoms with van der Waals surface area (Å²) >= 11 is 4.27. The zero-order valence-corrected chi connectivity index (χ0v) is 21.8. The van der Waals surface area contributed by atoms with Gasteiger partial charge in [0.1, 0.15) is 16.5 Å². The molecule has 1 aliphatic rings. The molecule has 3 rings (SSSR count). The first-order valence-electron chi connectivity index (χ1n) is 9.48. The fourth-order valence-corrected chi connectivity index (χ4v) is 6.77. The van der Waals surface area contributed by atoms with Crippen LogP contribution in [-0.2, 0) is 23.0 Å². The summed E-state index contributed by atoms with van der Waals surface area (Å²) in [6.45, 7) is 2.47. The molecule has 0 fully saturated rings. The molecule has 1 aliphatic heterocycles. The molecular weight excluding hydrogens is 609 g/mol. The Kier molecular flexibility index (Phi) is 8.16. The molecule has 0 spiro atoms. The Hall–Kier alpha value is -1.02. The van der Waals surface area contributed by atoms with E-state index in [1.54, 1.807) is 14.2 Å². The van der Waals surface area contributed by atoms with E-state index in [-0.39, 0.29) is 11.0 Å². The summed E-state index contributed by atoms with van der Waals surface area (Å²) in [4.78, 5) is 1.69. The van der Waals surface area contributed by atoms with Crippen LogP contribution >= 0.6 is 15.9 Å². The molecule has 0 bridgehead atoms. The predicted molar refractivity (Wildman–Crippen MR) is 112 cm³/mol. The highest BCUT2D eigenvalue weighted by Crippen LogP contribution is 2.33. The van der Waals surface area contributed by atoms with Gasteiger partial charge in [0, 0.05) is 26.1 Å². The zero-order chi connectivity index (χ0) is 22.8. The van der Waals surface area contributed by atoms with E-state index in [0.29, 0.717) is 30.5 Å². The molecular formula is C20H23BrF2IN2O4S+. The third kappa shape index (κ3) is 5.49. The van der Waals surface area contributed by atoms with Gasteiger partial charge in [0.2, 0.25) is 0 Å². The minimum absolute atomic E-state index is 0.129. The van der Waals surface area contributed by atoms with Crippen molar-refractivity contribution in [3.63, 3.8) is 0 Å². The molecule has 1 heterocycles. The van der Waals surface area contributed by atoms with Crippen molar-refractivity contribution < 1.29 is 49.5 Å². The van der Waals surface area contributed by atoms with Crippen LogP contribution in [0.25, 0.3) is 0 Å². The van der Waals surface area contributed by atoms with Crippen molar-refractivity contribution in [2.45, 2.75) is 24.3 Å². The fraction of sp³-hybridized carbons (Fsp3) is 0.400. The Balaban J connectivity index is 1.62. The molecule has 0 saturated heterocycles. The third-order valence-corrected chi connectivity index (χ3v) is 9.84. The lowest BCUT2D eigenvalue weighted by Gasteiger charge is -2.29. The summed E-state index contributed by atoms with van der Waals surface area (Å²) in [5.74, 6) is -0.564. The van der Waals surface area contributed by atoms with Gasteiger partial charge in [-0.2, -0.15) is 0 Å². The SMILES string of the molecule is COc1cc2c(cc1OC)CN(CCCN([IH+])S(=O)(=O)c1c(F)cc(F)cc1Br)CC2. The van der Waals surface area contributed by atoms with E-state index in [1.165, 1.54) is 28.4 Å². The number of hydrogen-bond acceptors (Lipinski definition) is 5. The highest BCUT2D eigenvalue weighted by molar-refractivity contribution is 9.10. The van der Waals surface area contributed by atoms with Gasteiger partial charge in [-0.1, -0.05) is 0 Å². The van der Waals surface area contributed by atoms with Gasteiger partial charge in [0.05, 0.1) is 20.8 Å². The number of sulfonamides is 1. The average Bonchev–Trinajstić information content (AvgIpc) is 2.71. The largest absolute Gasteiger partial charge is 0.493 e. The standard InChI is InChI=1S/C20H23BrF2IN2O4S/c1-29-18-8-13-4-7-25(12-14(13)9-19(18)30-2)5-3-6-26(24)31(27,28)20-16(21)10-15(22)11-17(20)23/h8-11,24H,3-7,12H2,1-2H3/q+1. The van der Waals surface area contributed by atoms with Crippen molar-refractivity contribution in [2.75, 3.05) is 33.9 Å². The van der Waals surface area contributed by atoms with Gasteiger partial charge < -0.3 is 9.47 Å². The molecule has 0 N–H and O–H groups in total. The molecule has 0 saturated carbocycles. The van der Waals surface area contributed by atoms with Crippen LogP contribution in [0, 0.1) is 11.6 Å². The second-order valence-electron chi connectivity index (χ2n) is 7.09. The molecule has 170 valence electrons. The normalized spacial score (nSPS) is 14.5. The number of ether oxygens (including phenoxy) is 2. The van der Waals surface area contributed by atoms with Gasteiger partial charge in [0.15, 0.2) is 11.5 Å². The Bertz CT molecular complexity index is 1050. The zero-order valence-electron chi connectivity index (χ0n) is 17.0. The van der Waals surface area contributed by atoms with Crippen LogP contribution in [0.4, 0.5) is 8.78 Å². The summed E-state index contributed by atoms with van der Waals surface area (Å²) in [6, 6.07) is 5.49. The maximum absolute atomic E-state index is 14.1. The number of benzene rings is 2. The number of fused-ring (bicyclic) bond motifs is 1. The molecule has 0 atom stereocenters. The van der Waals surface area contributed by atoms with Crippen molar-refractivity contribution in [1.29, 1.82) is 0 Å². The minimum Gasteiger partial charge on any atom is -0.493 e. The lowest BCUT2D eigenvalue weighted by atomic mass is 9.98. The van der Waals surface area contributed by atoms with Crippen LogP contribution in [0.1, 0.15) is 17.5 Å². The van der Waals surface area contributed by atoms with E-state index in [0.717, 1.165) is 33.7 Å². The van der Waals surface area contributed by atoms with E-state index in [4.69, 9.17) is 9.47 Å². The number of halogens is 4. The first kappa shape index (κ1) is 24.6. The Morgan fingerprint density at radius 3 is 2.39 bits per heavy atom. The van der Waals surface area contributed by atoms with Gasteiger partial charge in [-0.3, -0.25) is 4.90 Å². The maximum Gasteiger partial charge on any atom is 0.387 e. The van der Waals surface area contributed by atoms with Crippen LogP contribution in [-0.4, -0.2) is 49.7 Å². The topological polar surface area (TPSA) is 59.1 Å². The first-order chi connectivity index (χ1) is 14.7. The second-order valence-corrected chi connectivity index (χ2v) is 11.7. The second kappa shape index (κ2) is 10.3. The quantitative estimate of drug-likeness (QED) is 0.312. The molecule has 0 aliphatic carbocycles. The molecule has 11 heteroatoms. The molecule has 0 aromatic heterocycles. The monoisotopic (exact) mass is 631 g/mol. The van der Waals surface area contributed by atoms with Gasteiger partial charge >= 0.3 is 22.9 Å². The van der Waals surface area contributed by atoms with Crippen LogP contribution in [0.2, 0.25) is 0 Å².